The standard InChI is InChI=1S/C22H43NO4S.K/c1-2-3-4-5-6-7-8-9-10-11-12-13-14-15-16-17-18-19-20-28(26,27)23-21-22(24)25;/h19-20,23H,2-18,21H2,1H3,(H,24,25);/q;+1/p-1/b20-19+;. The Morgan fingerprint density at radius 2 is 1.14 bits per heavy atom. The van der Waals surface area contributed by atoms with E-state index < -0.39 is 22.5 Å². The molecule has 0 rings (SSSR count). The van der Waals surface area contributed by atoms with E-state index in [1.807, 2.05) is 4.72 Å². The molecular weight excluding hydrogens is 413 g/mol. The van der Waals surface area contributed by atoms with Crippen molar-refractivity contribution in [3.8, 4) is 0 Å². The summed E-state index contributed by atoms with van der Waals surface area (Å²) < 4.78 is 24.8. The number of sulfonamides is 1. The maximum Gasteiger partial charge on any atom is 1.00 e. The molecule has 0 fully saturated rings. The molecule has 0 amide bonds. The van der Waals surface area contributed by atoms with E-state index in [1.165, 1.54) is 89.9 Å². The zero-order chi connectivity index (χ0) is 20.9. The normalized spacial score (nSPS) is 11.6. The topological polar surface area (TPSA) is 86.3 Å². The number of aliphatic carboxylic acids is 1. The molecule has 5 nitrogen and oxygen atoms in total. The van der Waals surface area contributed by atoms with Crippen molar-refractivity contribution in [1.29, 1.82) is 0 Å². The number of nitrogens with one attached hydrogen (secondary N) is 1. The Balaban J connectivity index is 0. The maximum absolute atomic E-state index is 11.4. The van der Waals surface area contributed by atoms with Crippen LogP contribution >= 0.6 is 0 Å². The zero-order valence-corrected chi connectivity index (χ0v) is 22.9. The number of carbonyl (C=O) groups is 1. The van der Waals surface area contributed by atoms with Crippen LogP contribution in [0, 0.1) is 0 Å². The van der Waals surface area contributed by atoms with Gasteiger partial charge in [-0.1, -0.05) is 109 Å². The molecule has 0 saturated heterocycles. The Kier molecular flexibility index (Phi) is 25.8. The molecule has 0 aromatic rings. The number of hydrogen-bond donors (Lipinski definition) is 1. The average Bonchev–Trinajstić information content (AvgIpc) is 2.65. The second kappa shape index (κ2) is 23.4. The molecule has 0 radical (unpaired) electrons. The van der Waals surface area contributed by atoms with Crippen LogP contribution in [-0.4, -0.2) is 20.9 Å². The summed E-state index contributed by atoms with van der Waals surface area (Å²) >= 11 is 0. The number of hydrogen-bond acceptors (Lipinski definition) is 4. The Morgan fingerprint density at radius 3 is 1.52 bits per heavy atom. The number of allylic oxidation sites excluding steroid dienone is 1. The summed E-state index contributed by atoms with van der Waals surface area (Å²) in [6.45, 7) is 1.57. The molecule has 0 aromatic heterocycles. The van der Waals surface area contributed by atoms with Crippen molar-refractivity contribution >= 4 is 16.0 Å². The maximum atomic E-state index is 11.4. The minimum atomic E-state index is -3.65. The van der Waals surface area contributed by atoms with Crippen LogP contribution in [0.25, 0.3) is 0 Å². The van der Waals surface area contributed by atoms with Gasteiger partial charge in [-0.25, -0.2) is 13.1 Å². The van der Waals surface area contributed by atoms with Crippen molar-refractivity contribution in [2.45, 2.75) is 116 Å². The third-order valence-electron chi connectivity index (χ3n) is 4.92. The number of rotatable bonds is 21. The Labute approximate surface area is 222 Å². The van der Waals surface area contributed by atoms with E-state index in [1.54, 1.807) is 6.08 Å². The van der Waals surface area contributed by atoms with E-state index >= 15 is 0 Å². The summed E-state index contributed by atoms with van der Waals surface area (Å²) in [5.74, 6) is -1.44. The average molecular weight is 456 g/mol. The fourth-order valence-electron chi connectivity index (χ4n) is 3.21. The summed E-state index contributed by atoms with van der Waals surface area (Å²) in [5.41, 5.74) is 0. The third-order valence-corrected chi connectivity index (χ3v) is 6.01. The van der Waals surface area contributed by atoms with Gasteiger partial charge in [-0.15, -0.1) is 0 Å². The SMILES string of the molecule is CCCCCCCCCCCCCCCCCC/C=C/S(=O)(=O)NCC(=O)[O-].[K+]. The van der Waals surface area contributed by atoms with E-state index in [9.17, 15) is 18.3 Å². The molecule has 0 unspecified atom stereocenters. The van der Waals surface area contributed by atoms with Crippen LogP contribution in [0.3, 0.4) is 0 Å². The minimum Gasteiger partial charge on any atom is -0.549 e. The van der Waals surface area contributed by atoms with E-state index in [0.717, 1.165) is 18.2 Å². The number of carboxylic acid groups (broad SMARTS) is 1. The van der Waals surface area contributed by atoms with Crippen molar-refractivity contribution in [2.24, 2.45) is 0 Å². The molecular formula is C22H42KNO4S. The summed E-state index contributed by atoms with van der Waals surface area (Å²) in [5, 5.41) is 11.3. The largest absolute Gasteiger partial charge is 1.00 e. The van der Waals surface area contributed by atoms with Gasteiger partial charge in [0.15, 0.2) is 0 Å². The van der Waals surface area contributed by atoms with E-state index in [0.29, 0.717) is 6.42 Å². The molecule has 0 aliphatic carbocycles. The second-order valence-electron chi connectivity index (χ2n) is 7.70. The molecule has 7 heteroatoms. The van der Waals surface area contributed by atoms with Crippen LogP contribution in [0.5, 0.6) is 0 Å². The molecule has 0 aliphatic rings. The van der Waals surface area contributed by atoms with Gasteiger partial charge < -0.3 is 9.90 Å². The predicted octanol–water partition coefficient (Wildman–Crippen LogP) is 1.83. The first-order chi connectivity index (χ1) is 13.5. The number of carbonyl (C=O) groups excluding carboxylic acids is 1. The quantitative estimate of drug-likeness (QED) is 0.211. The molecule has 0 saturated carbocycles. The molecule has 0 aliphatic heterocycles. The Bertz CT molecular complexity index is 495. The first-order valence-electron chi connectivity index (χ1n) is 11.3. The second-order valence-corrected chi connectivity index (χ2v) is 9.35. The Morgan fingerprint density at radius 1 is 0.759 bits per heavy atom. The van der Waals surface area contributed by atoms with Crippen molar-refractivity contribution < 1.29 is 69.7 Å². The van der Waals surface area contributed by atoms with Crippen LogP contribution in [0.1, 0.15) is 116 Å². The number of carboxylic acids is 1. The van der Waals surface area contributed by atoms with Crippen molar-refractivity contribution in [2.75, 3.05) is 6.54 Å². The molecule has 0 spiro atoms. The van der Waals surface area contributed by atoms with Crippen LogP contribution in [0.2, 0.25) is 0 Å². The molecule has 0 bridgehead atoms. The molecule has 0 atom stereocenters. The van der Waals surface area contributed by atoms with Crippen LogP contribution in [0.15, 0.2) is 11.5 Å². The summed E-state index contributed by atoms with van der Waals surface area (Å²) in [7, 11) is -3.65. The van der Waals surface area contributed by atoms with Gasteiger partial charge in [-0.3, -0.25) is 0 Å². The van der Waals surface area contributed by atoms with Gasteiger partial charge in [0.2, 0.25) is 10.0 Å². The van der Waals surface area contributed by atoms with Crippen molar-refractivity contribution in [1.82, 2.24) is 4.72 Å². The molecule has 166 valence electrons. The van der Waals surface area contributed by atoms with Gasteiger partial charge in [0.1, 0.15) is 0 Å². The van der Waals surface area contributed by atoms with Crippen LogP contribution in [-0.2, 0) is 14.8 Å². The number of unbranched alkanes of at least 4 members (excludes halogenated alkanes) is 16. The van der Waals surface area contributed by atoms with Crippen LogP contribution < -0.4 is 61.2 Å². The molecule has 0 heterocycles. The van der Waals surface area contributed by atoms with Gasteiger partial charge in [-0.2, -0.15) is 0 Å². The van der Waals surface area contributed by atoms with Crippen LogP contribution in [0.4, 0.5) is 0 Å². The fraction of sp³-hybridized carbons (Fsp3) is 0.864. The monoisotopic (exact) mass is 455 g/mol. The first kappa shape index (κ1) is 31.9. The summed E-state index contributed by atoms with van der Waals surface area (Å²) in [4.78, 5) is 10.2. The van der Waals surface area contributed by atoms with Gasteiger partial charge in [0, 0.05) is 5.41 Å². The molecule has 1 N–H and O–H groups in total. The van der Waals surface area contributed by atoms with E-state index in [4.69, 9.17) is 0 Å². The minimum absolute atomic E-state index is 0. The Hall–Kier alpha value is 0.756. The van der Waals surface area contributed by atoms with E-state index in [2.05, 4.69) is 6.92 Å². The molecule has 29 heavy (non-hydrogen) atoms. The van der Waals surface area contributed by atoms with Crippen molar-refractivity contribution in [3.63, 3.8) is 0 Å². The van der Waals surface area contributed by atoms with Gasteiger partial charge in [0.25, 0.3) is 0 Å². The smallest absolute Gasteiger partial charge is 0.549 e. The van der Waals surface area contributed by atoms with Crippen molar-refractivity contribution in [3.05, 3.63) is 11.5 Å². The summed E-state index contributed by atoms with van der Waals surface area (Å²) in [6, 6.07) is 0. The fourth-order valence-corrected chi connectivity index (χ4v) is 4.02. The van der Waals surface area contributed by atoms with Gasteiger partial charge >= 0.3 is 51.4 Å². The molecule has 0 aromatic carbocycles. The summed E-state index contributed by atoms with van der Waals surface area (Å²) in [6.07, 6.45) is 23.3. The van der Waals surface area contributed by atoms with Gasteiger partial charge in [0.05, 0.1) is 12.5 Å². The first-order valence-corrected chi connectivity index (χ1v) is 12.9. The third kappa shape index (κ3) is 26.7. The van der Waals surface area contributed by atoms with E-state index in [-0.39, 0.29) is 51.4 Å². The zero-order valence-electron chi connectivity index (χ0n) is 18.9. The predicted molar refractivity (Wildman–Crippen MR) is 115 cm³/mol. The van der Waals surface area contributed by atoms with Gasteiger partial charge in [-0.05, 0) is 12.8 Å².